The van der Waals surface area contributed by atoms with Crippen LogP contribution in [0.2, 0.25) is 0 Å². The molecule has 0 heterocycles. The fraction of sp³-hybridized carbons (Fsp3) is 0.400. The summed E-state index contributed by atoms with van der Waals surface area (Å²) in [5, 5.41) is 0. The summed E-state index contributed by atoms with van der Waals surface area (Å²) in [5.41, 5.74) is 3.37. The molecular formula is C20H26. The Morgan fingerprint density at radius 2 is 0.850 bits per heavy atom. The minimum absolute atomic E-state index is 0.254. The molecule has 0 aliphatic heterocycles. The SMILES string of the molecule is CC(C)(Cc1ccccc1)C(C)(C)Cc1ccccc1. The maximum absolute atomic E-state index is 2.39. The van der Waals surface area contributed by atoms with Gasteiger partial charge in [-0.2, -0.15) is 0 Å². The van der Waals surface area contributed by atoms with Gasteiger partial charge in [-0.05, 0) is 34.8 Å². The van der Waals surface area contributed by atoms with Gasteiger partial charge in [0.05, 0.1) is 0 Å². The molecule has 0 aliphatic rings. The molecule has 0 nitrogen and oxygen atoms in total. The average molecular weight is 266 g/mol. The number of benzene rings is 2. The third-order valence-corrected chi connectivity index (χ3v) is 4.81. The molecule has 2 rings (SSSR count). The van der Waals surface area contributed by atoms with Crippen molar-refractivity contribution in [3.05, 3.63) is 71.8 Å². The topological polar surface area (TPSA) is 0 Å². The van der Waals surface area contributed by atoms with Gasteiger partial charge in [0.15, 0.2) is 0 Å². The van der Waals surface area contributed by atoms with Crippen molar-refractivity contribution in [3.63, 3.8) is 0 Å². The van der Waals surface area contributed by atoms with E-state index < -0.39 is 0 Å². The summed E-state index contributed by atoms with van der Waals surface area (Å²) in [7, 11) is 0. The van der Waals surface area contributed by atoms with Crippen LogP contribution in [0, 0.1) is 10.8 Å². The van der Waals surface area contributed by atoms with Gasteiger partial charge in [-0.1, -0.05) is 88.4 Å². The lowest BCUT2D eigenvalue weighted by atomic mass is 9.62. The minimum atomic E-state index is 0.254. The van der Waals surface area contributed by atoms with E-state index in [0.717, 1.165) is 12.8 Å². The van der Waals surface area contributed by atoms with Gasteiger partial charge in [-0.3, -0.25) is 0 Å². The third-order valence-electron chi connectivity index (χ3n) is 4.81. The van der Waals surface area contributed by atoms with E-state index in [2.05, 4.69) is 88.4 Å². The summed E-state index contributed by atoms with van der Waals surface area (Å²) in [6.07, 6.45) is 2.24. The van der Waals surface area contributed by atoms with E-state index in [1.165, 1.54) is 11.1 Å². The van der Waals surface area contributed by atoms with Crippen LogP contribution in [0.5, 0.6) is 0 Å². The van der Waals surface area contributed by atoms with Gasteiger partial charge in [0, 0.05) is 0 Å². The second kappa shape index (κ2) is 5.83. The van der Waals surface area contributed by atoms with Crippen LogP contribution in [0.3, 0.4) is 0 Å². The minimum Gasteiger partial charge on any atom is -0.0622 e. The predicted octanol–water partition coefficient (Wildman–Crippen LogP) is 5.52. The highest BCUT2D eigenvalue weighted by atomic mass is 14.4. The van der Waals surface area contributed by atoms with Gasteiger partial charge >= 0.3 is 0 Å². The third kappa shape index (κ3) is 3.50. The van der Waals surface area contributed by atoms with Gasteiger partial charge in [0.25, 0.3) is 0 Å². The zero-order valence-electron chi connectivity index (χ0n) is 13.2. The second-order valence-electron chi connectivity index (χ2n) is 7.09. The van der Waals surface area contributed by atoms with Crippen LogP contribution in [-0.4, -0.2) is 0 Å². The van der Waals surface area contributed by atoms with Crippen molar-refractivity contribution < 1.29 is 0 Å². The van der Waals surface area contributed by atoms with Crippen molar-refractivity contribution in [2.24, 2.45) is 10.8 Å². The van der Waals surface area contributed by atoms with Gasteiger partial charge in [-0.15, -0.1) is 0 Å². The first kappa shape index (κ1) is 14.8. The molecule has 0 N–H and O–H groups in total. The Morgan fingerprint density at radius 3 is 1.15 bits per heavy atom. The van der Waals surface area contributed by atoms with E-state index >= 15 is 0 Å². The van der Waals surface area contributed by atoms with Gasteiger partial charge in [0.2, 0.25) is 0 Å². The van der Waals surface area contributed by atoms with Crippen LogP contribution in [0.1, 0.15) is 38.8 Å². The summed E-state index contributed by atoms with van der Waals surface area (Å²) < 4.78 is 0. The van der Waals surface area contributed by atoms with Crippen molar-refractivity contribution in [2.75, 3.05) is 0 Å². The van der Waals surface area contributed by atoms with Crippen molar-refractivity contribution in [1.29, 1.82) is 0 Å². The molecule has 20 heavy (non-hydrogen) atoms. The first-order valence-electron chi connectivity index (χ1n) is 7.49. The summed E-state index contributed by atoms with van der Waals surface area (Å²) >= 11 is 0. The lowest BCUT2D eigenvalue weighted by molar-refractivity contribution is 0.109. The van der Waals surface area contributed by atoms with E-state index in [1.807, 2.05) is 0 Å². The summed E-state index contributed by atoms with van der Waals surface area (Å²) in [5.74, 6) is 0. The van der Waals surface area contributed by atoms with Crippen LogP contribution in [0.4, 0.5) is 0 Å². The molecule has 2 aromatic rings. The Labute approximate surface area is 123 Å². The van der Waals surface area contributed by atoms with Crippen molar-refractivity contribution in [1.82, 2.24) is 0 Å². The first-order chi connectivity index (χ1) is 9.41. The summed E-state index contributed by atoms with van der Waals surface area (Å²) in [6, 6.07) is 21.7. The van der Waals surface area contributed by atoms with Crippen molar-refractivity contribution >= 4 is 0 Å². The molecule has 106 valence electrons. The zero-order valence-corrected chi connectivity index (χ0v) is 13.2. The standard InChI is InChI=1S/C20H26/c1-19(2,15-17-11-7-5-8-12-17)20(3,4)16-18-13-9-6-10-14-18/h5-14H,15-16H2,1-4H3. The Morgan fingerprint density at radius 1 is 0.550 bits per heavy atom. The summed E-state index contributed by atoms with van der Waals surface area (Å²) in [6.45, 7) is 9.57. The largest absolute Gasteiger partial charge is 0.0622 e. The van der Waals surface area contributed by atoms with E-state index in [9.17, 15) is 0 Å². The molecule has 0 radical (unpaired) electrons. The highest BCUT2D eigenvalue weighted by Gasteiger charge is 2.36. The van der Waals surface area contributed by atoms with Crippen molar-refractivity contribution in [2.45, 2.75) is 40.5 Å². The Balaban J connectivity index is 2.14. The number of rotatable bonds is 5. The van der Waals surface area contributed by atoms with E-state index in [4.69, 9.17) is 0 Å². The maximum atomic E-state index is 2.39. The lowest BCUT2D eigenvalue weighted by Crippen LogP contribution is -2.36. The molecule has 0 bridgehead atoms. The zero-order chi connectivity index (χ0) is 14.6. The van der Waals surface area contributed by atoms with Gasteiger partial charge in [-0.25, -0.2) is 0 Å². The normalized spacial score (nSPS) is 12.4. The van der Waals surface area contributed by atoms with Crippen LogP contribution < -0.4 is 0 Å². The molecule has 0 unspecified atom stereocenters. The fourth-order valence-electron chi connectivity index (χ4n) is 2.69. The van der Waals surface area contributed by atoms with E-state index in [-0.39, 0.29) is 10.8 Å². The fourth-order valence-corrected chi connectivity index (χ4v) is 2.69. The molecule has 0 aliphatic carbocycles. The second-order valence-corrected chi connectivity index (χ2v) is 7.09. The highest BCUT2D eigenvalue weighted by Crippen LogP contribution is 2.43. The highest BCUT2D eigenvalue weighted by molar-refractivity contribution is 5.20. The number of hydrogen-bond acceptors (Lipinski definition) is 0. The molecule has 0 heteroatoms. The Bertz CT molecular complexity index is 469. The molecule has 0 fully saturated rings. The monoisotopic (exact) mass is 266 g/mol. The molecule has 0 saturated heterocycles. The van der Waals surface area contributed by atoms with E-state index in [1.54, 1.807) is 0 Å². The number of hydrogen-bond donors (Lipinski definition) is 0. The molecule has 0 amide bonds. The average Bonchev–Trinajstić information content (AvgIpc) is 2.40. The van der Waals surface area contributed by atoms with Gasteiger partial charge in [0.1, 0.15) is 0 Å². The van der Waals surface area contributed by atoms with Gasteiger partial charge < -0.3 is 0 Å². The quantitative estimate of drug-likeness (QED) is 0.668. The van der Waals surface area contributed by atoms with Crippen LogP contribution in [-0.2, 0) is 12.8 Å². The van der Waals surface area contributed by atoms with Crippen LogP contribution >= 0.6 is 0 Å². The first-order valence-corrected chi connectivity index (χ1v) is 7.49. The smallest absolute Gasteiger partial charge is 0.0222 e. The lowest BCUT2D eigenvalue weighted by Gasteiger charge is -2.42. The van der Waals surface area contributed by atoms with Crippen molar-refractivity contribution in [3.8, 4) is 0 Å². The Hall–Kier alpha value is -1.56. The molecule has 0 atom stereocenters. The van der Waals surface area contributed by atoms with E-state index in [0.29, 0.717) is 0 Å². The molecule has 0 aromatic heterocycles. The maximum Gasteiger partial charge on any atom is -0.0222 e. The summed E-state index contributed by atoms with van der Waals surface area (Å²) in [4.78, 5) is 0. The van der Waals surface area contributed by atoms with Crippen LogP contribution in [0.15, 0.2) is 60.7 Å². The molecule has 0 spiro atoms. The molecule has 0 saturated carbocycles. The molecular weight excluding hydrogens is 240 g/mol. The molecule has 2 aromatic carbocycles. The predicted molar refractivity (Wildman–Crippen MR) is 87.9 cm³/mol. The van der Waals surface area contributed by atoms with Crippen LogP contribution in [0.25, 0.3) is 0 Å². The Kier molecular flexibility index (Phi) is 4.32.